The highest BCUT2D eigenvalue weighted by Gasteiger charge is 2.45. The number of carbonyl (C=O) groups is 3. The first-order valence-electron chi connectivity index (χ1n) is 7.09. The van der Waals surface area contributed by atoms with Crippen molar-refractivity contribution in [1.29, 1.82) is 0 Å². The monoisotopic (exact) mass is 300 g/mol. The third-order valence-corrected chi connectivity index (χ3v) is 3.95. The molecule has 1 fully saturated rings. The van der Waals surface area contributed by atoms with Crippen molar-refractivity contribution in [2.24, 2.45) is 5.41 Å². The number of rotatable bonds is 4. The third kappa shape index (κ3) is 3.86. The summed E-state index contributed by atoms with van der Waals surface area (Å²) in [5.74, 6) is -1.53. The molecule has 1 heterocycles. The number of ether oxygens (including phenoxy) is 1. The molecule has 0 aromatic heterocycles. The van der Waals surface area contributed by atoms with Crippen LogP contribution in [0.15, 0.2) is 0 Å². The van der Waals surface area contributed by atoms with Gasteiger partial charge in [0.25, 0.3) is 0 Å². The summed E-state index contributed by atoms with van der Waals surface area (Å²) >= 11 is 0. The zero-order valence-electron chi connectivity index (χ0n) is 13.1. The topological polar surface area (TPSA) is 87.2 Å². The molecule has 7 heteroatoms. The molecule has 7 nitrogen and oxygen atoms in total. The lowest BCUT2D eigenvalue weighted by Crippen LogP contribution is -2.59. The molecule has 0 aliphatic carbocycles. The van der Waals surface area contributed by atoms with Crippen LogP contribution in [0.5, 0.6) is 0 Å². The van der Waals surface area contributed by atoms with Gasteiger partial charge in [-0.3, -0.25) is 4.79 Å². The number of carboxylic acid groups (broad SMARTS) is 1. The molecule has 1 aliphatic heterocycles. The molecule has 0 aromatic carbocycles. The lowest BCUT2D eigenvalue weighted by Gasteiger charge is -2.45. The van der Waals surface area contributed by atoms with Crippen LogP contribution in [0.3, 0.4) is 0 Å². The summed E-state index contributed by atoms with van der Waals surface area (Å²) in [5.41, 5.74) is -0.496. The van der Waals surface area contributed by atoms with Crippen molar-refractivity contribution in [3.05, 3.63) is 0 Å². The fourth-order valence-corrected chi connectivity index (χ4v) is 2.78. The Labute approximate surface area is 124 Å². The molecule has 21 heavy (non-hydrogen) atoms. The van der Waals surface area contributed by atoms with E-state index in [1.807, 2.05) is 13.8 Å². The quantitative estimate of drug-likeness (QED) is 0.788. The second kappa shape index (κ2) is 6.78. The van der Waals surface area contributed by atoms with Crippen LogP contribution in [0.2, 0.25) is 0 Å². The zero-order chi connectivity index (χ0) is 16.2. The van der Waals surface area contributed by atoms with Gasteiger partial charge in [0.05, 0.1) is 7.11 Å². The van der Waals surface area contributed by atoms with E-state index in [4.69, 9.17) is 0 Å². The van der Waals surface area contributed by atoms with Gasteiger partial charge in [0.1, 0.15) is 12.6 Å². The second-order valence-electron chi connectivity index (χ2n) is 5.90. The van der Waals surface area contributed by atoms with Crippen molar-refractivity contribution in [2.45, 2.75) is 39.7 Å². The number of piperidine rings is 1. The molecule has 0 saturated carbocycles. The lowest BCUT2D eigenvalue weighted by molar-refractivity contribution is -0.148. The zero-order valence-corrected chi connectivity index (χ0v) is 13.1. The average Bonchev–Trinajstić information content (AvgIpc) is 2.41. The van der Waals surface area contributed by atoms with Crippen LogP contribution in [-0.4, -0.2) is 65.7 Å². The number of hydrogen-bond acceptors (Lipinski definition) is 4. The van der Waals surface area contributed by atoms with Crippen molar-refractivity contribution in [1.82, 2.24) is 9.80 Å². The fourth-order valence-electron chi connectivity index (χ4n) is 2.78. The molecule has 2 amide bonds. The number of urea groups is 1. The Bertz CT molecular complexity index is 422. The van der Waals surface area contributed by atoms with E-state index in [0.29, 0.717) is 13.1 Å². The molecular formula is C14H24N2O5. The number of methoxy groups -OCH3 is 1. The predicted molar refractivity (Wildman–Crippen MR) is 75.8 cm³/mol. The number of esters is 1. The molecule has 1 rings (SSSR count). The Morgan fingerprint density at radius 2 is 2.00 bits per heavy atom. The standard InChI is InChI=1S/C14H24N2O5/c1-5-15(9-10(17)21-4)13(20)16-8-6-7-14(2,3)11(16)12(18)19/h11H,5-9H2,1-4H3,(H,18,19). The predicted octanol–water partition coefficient (Wildman–Crippen LogP) is 1.18. The van der Waals surface area contributed by atoms with Gasteiger partial charge in [0, 0.05) is 13.1 Å². The van der Waals surface area contributed by atoms with Gasteiger partial charge in [-0.1, -0.05) is 13.8 Å². The summed E-state index contributed by atoms with van der Waals surface area (Å²) in [7, 11) is 1.25. The van der Waals surface area contributed by atoms with Gasteiger partial charge in [-0.25, -0.2) is 9.59 Å². The molecule has 0 bridgehead atoms. The smallest absolute Gasteiger partial charge is 0.327 e. The first-order chi connectivity index (χ1) is 9.74. The Hall–Kier alpha value is -1.79. The van der Waals surface area contributed by atoms with Gasteiger partial charge in [0.2, 0.25) is 0 Å². The van der Waals surface area contributed by atoms with Crippen molar-refractivity contribution < 1.29 is 24.2 Å². The lowest BCUT2D eigenvalue weighted by atomic mass is 9.76. The SMILES string of the molecule is CCN(CC(=O)OC)C(=O)N1CCCC(C)(C)C1C(=O)O. The largest absolute Gasteiger partial charge is 0.480 e. The molecule has 1 N–H and O–H groups in total. The maximum absolute atomic E-state index is 12.6. The van der Waals surface area contributed by atoms with Crippen LogP contribution in [0.4, 0.5) is 4.79 Å². The molecule has 120 valence electrons. The molecular weight excluding hydrogens is 276 g/mol. The van der Waals surface area contributed by atoms with Crippen LogP contribution in [0.1, 0.15) is 33.6 Å². The third-order valence-electron chi connectivity index (χ3n) is 3.95. The van der Waals surface area contributed by atoms with Crippen LogP contribution in [-0.2, 0) is 14.3 Å². The summed E-state index contributed by atoms with van der Waals surface area (Å²) in [5, 5.41) is 9.47. The normalized spacial score (nSPS) is 20.8. The van der Waals surface area contributed by atoms with Crippen LogP contribution >= 0.6 is 0 Å². The highest BCUT2D eigenvalue weighted by molar-refractivity contribution is 5.86. The van der Waals surface area contributed by atoms with E-state index in [9.17, 15) is 19.5 Å². The van der Waals surface area contributed by atoms with Crippen molar-refractivity contribution >= 4 is 18.0 Å². The van der Waals surface area contributed by atoms with E-state index >= 15 is 0 Å². The van der Waals surface area contributed by atoms with Crippen LogP contribution in [0.25, 0.3) is 0 Å². The molecule has 1 saturated heterocycles. The Kier molecular flexibility index (Phi) is 5.57. The van der Waals surface area contributed by atoms with Crippen LogP contribution in [0, 0.1) is 5.41 Å². The number of amides is 2. The number of carboxylic acids is 1. The molecule has 1 aliphatic rings. The maximum atomic E-state index is 12.6. The van der Waals surface area contributed by atoms with Gasteiger partial charge in [-0.15, -0.1) is 0 Å². The van der Waals surface area contributed by atoms with Crippen LogP contribution < -0.4 is 0 Å². The van der Waals surface area contributed by atoms with E-state index in [1.54, 1.807) is 6.92 Å². The van der Waals surface area contributed by atoms with E-state index < -0.39 is 29.4 Å². The summed E-state index contributed by atoms with van der Waals surface area (Å²) < 4.78 is 4.57. The number of hydrogen-bond donors (Lipinski definition) is 1. The number of likely N-dealkylation sites (N-methyl/N-ethyl adjacent to an activating group) is 1. The maximum Gasteiger partial charge on any atom is 0.327 e. The summed E-state index contributed by atoms with van der Waals surface area (Å²) in [6, 6.07) is -1.31. The molecule has 1 unspecified atom stereocenters. The summed E-state index contributed by atoms with van der Waals surface area (Å²) in [6.45, 7) is 5.97. The highest BCUT2D eigenvalue weighted by atomic mass is 16.5. The Morgan fingerprint density at radius 1 is 1.38 bits per heavy atom. The minimum Gasteiger partial charge on any atom is -0.480 e. The minimum atomic E-state index is -1.01. The van der Waals surface area contributed by atoms with E-state index in [1.165, 1.54) is 16.9 Å². The number of carbonyl (C=O) groups excluding carboxylic acids is 2. The van der Waals surface area contributed by atoms with Crippen molar-refractivity contribution in [3.8, 4) is 0 Å². The molecule has 0 spiro atoms. The van der Waals surface area contributed by atoms with Gasteiger partial charge < -0.3 is 19.6 Å². The van der Waals surface area contributed by atoms with Gasteiger partial charge in [-0.05, 0) is 25.2 Å². The van der Waals surface area contributed by atoms with Crippen molar-refractivity contribution in [3.63, 3.8) is 0 Å². The first-order valence-corrected chi connectivity index (χ1v) is 7.09. The van der Waals surface area contributed by atoms with Crippen molar-refractivity contribution in [2.75, 3.05) is 26.7 Å². The fraction of sp³-hybridized carbons (Fsp3) is 0.786. The number of likely N-dealkylation sites (tertiary alicyclic amines) is 1. The molecule has 0 radical (unpaired) electrons. The van der Waals surface area contributed by atoms with E-state index in [0.717, 1.165) is 12.8 Å². The van der Waals surface area contributed by atoms with Gasteiger partial charge >= 0.3 is 18.0 Å². The van der Waals surface area contributed by atoms with E-state index in [-0.39, 0.29) is 6.54 Å². The number of nitrogens with zero attached hydrogens (tertiary/aromatic N) is 2. The number of aliphatic carboxylic acids is 1. The average molecular weight is 300 g/mol. The van der Waals surface area contributed by atoms with Gasteiger partial charge in [0.15, 0.2) is 0 Å². The Balaban J connectivity index is 2.96. The molecule has 1 atom stereocenters. The molecule has 0 aromatic rings. The Morgan fingerprint density at radius 3 is 2.48 bits per heavy atom. The summed E-state index contributed by atoms with van der Waals surface area (Å²) in [4.78, 5) is 38.2. The van der Waals surface area contributed by atoms with Gasteiger partial charge in [-0.2, -0.15) is 0 Å². The summed E-state index contributed by atoms with van der Waals surface area (Å²) in [6.07, 6.45) is 1.50. The minimum absolute atomic E-state index is 0.172. The van der Waals surface area contributed by atoms with E-state index in [2.05, 4.69) is 4.74 Å². The second-order valence-corrected chi connectivity index (χ2v) is 5.90. The highest BCUT2D eigenvalue weighted by Crippen LogP contribution is 2.35. The first kappa shape index (κ1) is 17.3.